The lowest BCUT2D eigenvalue weighted by atomic mass is 9.89. The van der Waals surface area contributed by atoms with Crippen molar-refractivity contribution in [3.05, 3.63) is 12.2 Å². The average Bonchev–Trinajstić information content (AvgIpc) is 3.14. The lowest BCUT2D eigenvalue weighted by Crippen LogP contribution is -2.19. The number of aliphatic hydroxyl groups excluding tert-OH is 2. The van der Waals surface area contributed by atoms with Gasteiger partial charge in [-0.2, -0.15) is 0 Å². The van der Waals surface area contributed by atoms with Crippen LogP contribution in [0.1, 0.15) is 65.2 Å². The summed E-state index contributed by atoms with van der Waals surface area (Å²) in [6.45, 7) is 4.96. The Hall–Kier alpha value is -0.910. The lowest BCUT2D eigenvalue weighted by molar-refractivity contribution is -0.148. The minimum atomic E-state index is -0.392. The van der Waals surface area contributed by atoms with Gasteiger partial charge in [0.25, 0.3) is 0 Å². The number of esters is 1. The number of unbranched alkanes of at least 4 members (excludes halogenated alkanes) is 2. The number of hydrogen-bond donors (Lipinski definition) is 2. The second-order valence-corrected chi connectivity index (χ2v) is 8.24. The van der Waals surface area contributed by atoms with E-state index >= 15 is 0 Å². The zero-order chi connectivity index (χ0) is 19.6. The Balaban J connectivity index is 1.72. The van der Waals surface area contributed by atoms with E-state index in [2.05, 4.69) is 13.0 Å². The number of aliphatic hydroxyl groups is 2. The summed E-state index contributed by atoms with van der Waals surface area (Å²) in [5.74, 6) is 1.55. The Morgan fingerprint density at radius 3 is 2.78 bits per heavy atom. The summed E-state index contributed by atoms with van der Waals surface area (Å²) in [7, 11) is 0. The molecule has 27 heavy (non-hydrogen) atoms. The normalized spacial score (nSPS) is 31.3. The third-order valence-electron chi connectivity index (χ3n) is 6.18. The third-order valence-corrected chi connectivity index (χ3v) is 6.18. The Kier molecular flexibility index (Phi) is 9.80. The summed E-state index contributed by atoms with van der Waals surface area (Å²) in [6, 6.07) is 0. The molecule has 0 spiro atoms. The molecular weight excluding hydrogens is 344 g/mol. The van der Waals surface area contributed by atoms with Crippen molar-refractivity contribution >= 4 is 5.97 Å². The van der Waals surface area contributed by atoms with Crippen LogP contribution in [0.15, 0.2) is 12.2 Å². The smallest absolute Gasteiger partial charge is 0.332 e. The van der Waals surface area contributed by atoms with Crippen LogP contribution in [0.5, 0.6) is 0 Å². The first kappa shape index (κ1) is 22.4. The maximum atomic E-state index is 11.3. The molecule has 0 saturated heterocycles. The van der Waals surface area contributed by atoms with Crippen LogP contribution < -0.4 is 0 Å². The summed E-state index contributed by atoms with van der Waals surface area (Å²) in [5.41, 5.74) is 0. The number of carbonyl (C=O) groups is 1. The predicted molar refractivity (Wildman–Crippen MR) is 105 cm³/mol. The molecule has 5 nitrogen and oxygen atoms in total. The highest BCUT2D eigenvalue weighted by molar-refractivity contribution is 5.70. The number of ether oxygens (including phenoxy) is 2. The second kappa shape index (κ2) is 11.8. The van der Waals surface area contributed by atoms with Gasteiger partial charge in [0.05, 0.1) is 18.8 Å². The summed E-state index contributed by atoms with van der Waals surface area (Å²) >= 11 is 0. The molecular formula is C22H38O5. The number of hydrogen-bond acceptors (Lipinski definition) is 5. The van der Waals surface area contributed by atoms with Gasteiger partial charge in [0.2, 0.25) is 0 Å². The maximum Gasteiger partial charge on any atom is 0.332 e. The molecule has 6 atom stereocenters. The molecule has 2 fully saturated rings. The molecule has 0 amide bonds. The van der Waals surface area contributed by atoms with Gasteiger partial charge in [-0.15, -0.1) is 0 Å². The average molecular weight is 383 g/mol. The molecule has 0 aromatic heterocycles. The Bertz CT molecular complexity index is 464. The van der Waals surface area contributed by atoms with Gasteiger partial charge >= 0.3 is 5.97 Å². The van der Waals surface area contributed by atoms with E-state index in [1.54, 1.807) is 6.92 Å². The first-order valence-electron chi connectivity index (χ1n) is 10.8. The topological polar surface area (TPSA) is 76.0 Å². The zero-order valence-electron chi connectivity index (χ0n) is 17.0. The fourth-order valence-electron chi connectivity index (χ4n) is 4.84. The highest BCUT2D eigenvalue weighted by Gasteiger charge is 2.46. The predicted octanol–water partition coefficient (Wildman–Crippen LogP) is 3.48. The lowest BCUT2D eigenvalue weighted by Gasteiger charge is -2.19. The molecule has 2 rings (SSSR count). The molecule has 156 valence electrons. The van der Waals surface area contributed by atoms with Gasteiger partial charge in [0, 0.05) is 12.5 Å². The van der Waals surface area contributed by atoms with E-state index in [-0.39, 0.29) is 24.6 Å². The van der Waals surface area contributed by atoms with Gasteiger partial charge in [0.1, 0.15) is 6.61 Å². The van der Waals surface area contributed by atoms with Crippen LogP contribution >= 0.6 is 0 Å². The van der Waals surface area contributed by atoms with Gasteiger partial charge in [-0.1, -0.05) is 38.3 Å². The van der Waals surface area contributed by atoms with Crippen molar-refractivity contribution in [2.45, 2.75) is 77.4 Å². The summed E-state index contributed by atoms with van der Waals surface area (Å²) in [4.78, 5) is 11.3. The minimum absolute atomic E-state index is 0.0351. The van der Waals surface area contributed by atoms with E-state index in [4.69, 9.17) is 9.47 Å². The Morgan fingerprint density at radius 1 is 1.22 bits per heavy atom. The van der Waals surface area contributed by atoms with Crippen LogP contribution in [0.25, 0.3) is 0 Å². The summed E-state index contributed by atoms with van der Waals surface area (Å²) < 4.78 is 10.3. The van der Waals surface area contributed by atoms with Crippen molar-refractivity contribution in [2.75, 3.05) is 19.8 Å². The summed E-state index contributed by atoms with van der Waals surface area (Å²) in [6.07, 6.45) is 11.5. The molecule has 2 aliphatic carbocycles. The van der Waals surface area contributed by atoms with E-state index in [0.29, 0.717) is 31.0 Å². The quantitative estimate of drug-likeness (QED) is 0.307. The van der Waals surface area contributed by atoms with E-state index in [1.807, 2.05) is 6.08 Å². The number of rotatable bonds is 12. The Labute approximate surface area is 164 Å². The molecule has 0 bridgehead atoms. The molecule has 0 heterocycles. The maximum absolute atomic E-state index is 11.3. The van der Waals surface area contributed by atoms with Gasteiger partial charge in [0.15, 0.2) is 0 Å². The molecule has 0 aliphatic heterocycles. The van der Waals surface area contributed by atoms with Crippen molar-refractivity contribution < 1.29 is 24.5 Å². The molecule has 2 saturated carbocycles. The highest BCUT2D eigenvalue weighted by Crippen LogP contribution is 2.51. The standard InChI is InChI=1S/C22H38O5/c1-3-5-6-7-18(23)8-9-19-20-13-16(12-17(20)14-21(19)24)10-11-26-15-22(25)27-4-2/h8-9,16-21,23-24H,3-7,10-15H2,1-2H3/t16?,17-,18?,19+,20+,21+/m0/s1. The van der Waals surface area contributed by atoms with Crippen molar-refractivity contribution in [3.8, 4) is 0 Å². The largest absolute Gasteiger partial charge is 0.464 e. The highest BCUT2D eigenvalue weighted by atomic mass is 16.6. The number of fused-ring (bicyclic) bond motifs is 1. The molecule has 0 aromatic carbocycles. The first-order valence-corrected chi connectivity index (χ1v) is 10.8. The van der Waals surface area contributed by atoms with Crippen LogP contribution in [0, 0.1) is 23.7 Å². The first-order chi connectivity index (χ1) is 13.0. The van der Waals surface area contributed by atoms with Crippen LogP contribution in [0.2, 0.25) is 0 Å². The van der Waals surface area contributed by atoms with Crippen molar-refractivity contribution in [1.82, 2.24) is 0 Å². The summed E-state index contributed by atoms with van der Waals surface area (Å²) in [5, 5.41) is 20.5. The molecule has 5 heteroatoms. The molecule has 2 unspecified atom stereocenters. The van der Waals surface area contributed by atoms with E-state index in [9.17, 15) is 15.0 Å². The molecule has 0 aromatic rings. The molecule has 2 N–H and O–H groups in total. The molecule has 2 aliphatic rings. The van der Waals surface area contributed by atoms with E-state index in [0.717, 1.165) is 51.4 Å². The van der Waals surface area contributed by atoms with Gasteiger partial charge in [-0.25, -0.2) is 4.79 Å². The van der Waals surface area contributed by atoms with Crippen molar-refractivity contribution in [2.24, 2.45) is 23.7 Å². The monoisotopic (exact) mass is 382 g/mol. The zero-order valence-corrected chi connectivity index (χ0v) is 17.0. The Morgan fingerprint density at radius 2 is 2.04 bits per heavy atom. The SMILES string of the molecule is CCCCCC(O)C=C[C@@H]1[C@@H]2CC(CCOCC(=O)OCC)C[C@H]2C[C@H]1O. The minimum Gasteiger partial charge on any atom is -0.464 e. The van der Waals surface area contributed by atoms with Crippen LogP contribution in [0.3, 0.4) is 0 Å². The fourth-order valence-corrected chi connectivity index (χ4v) is 4.84. The van der Waals surface area contributed by atoms with Crippen LogP contribution in [-0.4, -0.2) is 48.2 Å². The number of carbonyl (C=O) groups excluding carboxylic acids is 1. The van der Waals surface area contributed by atoms with E-state index in [1.165, 1.54) is 0 Å². The van der Waals surface area contributed by atoms with Gasteiger partial charge in [-0.05, 0) is 56.8 Å². The third kappa shape index (κ3) is 7.20. The van der Waals surface area contributed by atoms with Crippen molar-refractivity contribution in [1.29, 1.82) is 0 Å². The van der Waals surface area contributed by atoms with Gasteiger partial charge in [-0.3, -0.25) is 0 Å². The van der Waals surface area contributed by atoms with Gasteiger partial charge < -0.3 is 19.7 Å². The van der Waals surface area contributed by atoms with Crippen LogP contribution in [0.4, 0.5) is 0 Å². The second-order valence-electron chi connectivity index (χ2n) is 8.24. The van der Waals surface area contributed by atoms with Crippen LogP contribution in [-0.2, 0) is 14.3 Å². The fraction of sp³-hybridized carbons (Fsp3) is 0.864. The van der Waals surface area contributed by atoms with Crippen molar-refractivity contribution in [3.63, 3.8) is 0 Å². The molecule has 0 radical (unpaired) electrons. The van der Waals surface area contributed by atoms with E-state index < -0.39 is 6.10 Å².